The van der Waals surface area contributed by atoms with Crippen LogP contribution < -0.4 is 0 Å². The molecule has 6 aromatic rings. The van der Waals surface area contributed by atoms with Crippen molar-refractivity contribution in [3.8, 4) is 11.8 Å². The zero-order valence-corrected chi connectivity index (χ0v) is 43.0. The van der Waals surface area contributed by atoms with E-state index < -0.39 is 11.6 Å². The minimum absolute atomic E-state index is 0.162. The second-order valence-corrected chi connectivity index (χ2v) is 19.1. The number of imide groups is 2. The molecule has 1 aromatic heterocycles. The molecular formula is C63H64N4O9. The van der Waals surface area contributed by atoms with Crippen molar-refractivity contribution < 1.29 is 43.7 Å². The summed E-state index contributed by atoms with van der Waals surface area (Å²) in [5, 5.41) is 22.7. The van der Waals surface area contributed by atoms with Gasteiger partial charge in [-0.25, -0.2) is 4.79 Å². The number of hydrogen-bond acceptors (Lipinski definition) is 9. The molecule has 13 heteroatoms. The zero-order valence-electron chi connectivity index (χ0n) is 43.0. The molecule has 390 valence electrons. The quantitative estimate of drug-likeness (QED) is 0.0187. The van der Waals surface area contributed by atoms with Crippen LogP contribution in [0.5, 0.6) is 0 Å². The third-order valence-corrected chi connectivity index (χ3v) is 14.0. The van der Waals surface area contributed by atoms with Gasteiger partial charge in [0.15, 0.2) is 5.60 Å². The van der Waals surface area contributed by atoms with Crippen LogP contribution in [0.3, 0.4) is 0 Å². The molecule has 8 rings (SSSR count). The highest BCUT2D eigenvalue weighted by atomic mass is 16.5. The number of aliphatic hydroxyl groups is 2. The average Bonchev–Trinajstić information content (AvgIpc) is 4.01. The van der Waals surface area contributed by atoms with E-state index in [2.05, 4.69) is 11.8 Å². The predicted molar refractivity (Wildman–Crippen MR) is 290 cm³/mol. The van der Waals surface area contributed by atoms with Crippen LogP contribution in [0.15, 0.2) is 146 Å². The number of rotatable bonds is 25. The van der Waals surface area contributed by atoms with Crippen LogP contribution in [0.1, 0.15) is 157 Å². The van der Waals surface area contributed by atoms with Gasteiger partial charge in [0, 0.05) is 55.5 Å². The highest BCUT2D eigenvalue weighted by Crippen LogP contribution is 2.31. The number of aliphatic hydroxyl groups excluding tert-OH is 1. The molecule has 0 fully saturated rings. The van der Waals surface area contributed by atoms with E-state index in [1.54, 1.807) is 91.9 Å². The second-order valence-electron chi connectivity index (χ2n) is 19.1. The van der Waals surface area contributed by atoms with Crippen LogP contribution in [0.2, 0.25) is 0 Å². The van der Waals surface area contributed by atoms with E-state index in [1.807, 2.05) is 70.1 Å². The van der Waals surface area contributed by atoms with E-state index in [-0.39, 0.29) is 49.3 Å². The monoisotopic (exact) mass is 1020 g/mol. The number of benzene rings is 5. The Bertz CT molecular complexity index is 2950. The zero-order chi connectivity index (χ0) is 53.4. The van der Waals surface area contributed by atoms with E-state index >= 15 is 4.79 Å². The summed E-state index contributed by atoms with van der Waals surface area (Å²) in [4.78, 5) is 84.6. The molecule has 0 saturated heterocycles. The molecule has 0 atom stereocenters. The molecule has 3 heterocycles. The molecule has 5 amide bonds. The van der Waals surface area contributed by atoms with E-state index in [9.17, 15) is 34.2 Å². The summed E-state index contributed by atoms with van der Waals surface area (Å²) in [7, 11) is 0. The highest BCUT2D eigenvalue weighted by molar-refractivity contribution is 6.22. The van der Waals surface area contributed by atoms with Gasteiger partial charge >= 0.3 is 5.97 Å². The van der Waals surface area contributed by atoms with E-state index in [0.29, 0.717) is 108 Å². The number of aromatic nitrogens is 1. The van der Waals surface area contributed by atoms with Gasteiger partial charge in [0.1, 0.15) is 11.4 Å². The fraction of sp³-hybridized carbons (Fsp3) is 0.302. The van der Waals surface area contributed by atoms with Crippen molar-refractivity contribution in [3.63, 3.8) is 0 Å². The predicted octanol–water partition coefficient (Wildman–Crippen LogP) is 9.83. The molecule has 0 unspecified atom stereocenters. The van der Waals surface area contributed by atoms with Gasteiger partial charge in [-0.05, 0) is 86.1 Å². The Labute approximate surface area is 444 Å². The highest BCUT2D eigenvalue weighted by Gasteiger charge is 2.36. The number of esters is 1. The number of carbonyl (C=O) groups is 6. The minimum atomic E-state index is -1.78. The lowest BCUT2D eigenvalue weighted by Crippen LogP contribution is -2.34. The molecule has 0 spiro atoms. The van der Waals surface area contributed by atoms with Gasteiger partial charge in [0.2, 0.25) is 0 Å². The van der Waals surface area contributed by atoms with Crippen LogP contribution in [-0.2, 0) is 28.3 Å². The molecule has 5 aromatic carbocycles. The number of ether oxygens (including phenoxy) is 1. The van der Waals surface area contributed by atoms with Gasteiger partial charge in [-0.3, -0.25) is 33.8 Å². The molecular weight excluding hydrogens is 957 g/mol. The molecule has 2 aliphatic heterocycles. The fourth-order valence-corrected chi connectivity index (χ4v) is 9.92. The first-order valence-electron chi connectivity index (χ1n) is 26.4. The summed E-state index contributed by atoms with van der Waals surface area (Å²) in [6.07, 6.45) is 10.4. The standard InChI is InChI=1S/C63H64N4O9/c1-2-76-57(69)35-34-48-43-56(67(44-46-24-23-25-47(42-46)45-68)55(48)36-37-63(75,49-26-11-9-12-27-49)50-28-13-10-14-29-50)62(74)64(38-19-5-3-7-21-40-65-58(70)51-30-15-16-31-52(51)59(65)71)39-20-6-4-8-22-41-66-60(72)53-32-17-18-33-54(53)61(66)73/h9-18,23-35,42-43,68,75H,2-8,19-22,38-41,44-45H2,1H3/b35-34+. The minimum Gasteiger partial charge on any atom is -0.463 e. The lowest BCUT2D eigenvalue weighted by molar-refractivity contribution is -0.137. The molecule has 0 aliphatic carbocycles. The number of hydrogen-bond donors (Lipinski definition) is 2. The summed E-state index contributed by atoms with van der Waals surface area (Å²) >= 11 is 0. The van der Waals surface area contributed by atoms with Crippen LogP contribution in [0, 0.1) is 11.8 Å². The van der Waals surface area contributed by atoms with E-state index in [1.165, 1.54) is 15.9 Å². The lowest BCUT2D eigenvalue weighted by atomic mass is 9.87. The first-order valence-corrected chi connectivity index (χ1v) is 26.4. The molecule has 2 aliphatic rings. The Morgan fingerprint density at radius 3 is 1.54 bits per heavy atom. The smallest absolute Gasteiger partial charge is 0.330 e. The lowest BCUT2D eigenvalue weighted by Gasteiger charge is -2.24. The van der Waals surface area contributed by atoms with Crippen LogP contribution >= 0.6 is 0 Å². The summed E-state index contributed by atoms with van der Waals surface area (Å²) < 4.78 is 7.08. The molecule has 0 bridgehead atoms. The fourth-order valence-electron chi connectivity index (χ4n) is 9.92. The Balaban J connectivity index is 1.05. The molecule has 76 heavy (non-hydrogen) atoms. The van der Waals surface area contributed by atoms with E-state index in [4.69, 9.17) is 4.74 Å². The Morgan fingerprint density at radius 2 is 1.05 bits per heavy atom. The van der Waals surface area contributed by atoms with Crippen molar-refractivity contribution in [2.45, 2.75) is 89.9 Å². The van der Waals surface area contributed by atoms with Crippen molar-refractivity contribution >= 4 is 41.6 Å². The first-order chi connectivity index (χ1) is 37.0. The number of fused-ring (bicyclic) bond motifs is 2. The summed E-state index contributed by atoms with van der Waals surface area (Å²) in [6.45, 7) is 3.38. The number of unbranched alkanes of at least 4 members (excludes halogenated alkanes) is 8. The average molecular weight is 1020 g/mol. The normalized spacial score (nSPS) is 13.0. The van der Waals surface area contributed by atoms with Crippen molar-refractivity contribution in [1.82, 2.24) is 19.3 Å². The van der Waals surface area contributed by atoms with Gasteiger partial charge < -0.3 is 24.4 Å². The molecule has 13 nitrogen and oxygen atoms in total. The topological polar surface area (TPSA) is 167 Å². The summed E-state index contributed by atoms with van der Waals surface area (Å²) in [5.74, 6) is 4.60. The Kier molecular flexibility index (Phi) is 18.4. The number of carbonyl (C=O) groups excluding carboxylic acids is 6. The van der Waals surface area contributed by atoms with Gasteiger partial charge in [-0.2, -0.15) is 0 Å². The molecule has 0 saturated carbocycles. The second kappa shape index (κ2) is 25.9. The van der Waals surface area contributed by atoms with Crippen LogP contribution in [0.4, 0.5) is 0 Å². The maximum Gasteiger partial charge on any atom is 0.330 e. The van der Waals surface area contributed by atoms with Gasteiger partial charge in [-0.15, -0.1) is 0 Å². The number of amides is 5. The van der Waals surface area contributed by atoms with Crippen LogP contribution in [0.25, 0.3) is 6.08 Å². The Morgan fingerprint density at radius 1 is 0.592 bits per heavy atom. The first kappa shape index (κ1) is 54.1. The maximum absolute atomic E-state index is 15.4. The van der Waals surface area contributed by atoms with E-state index in [0.717, 1.165) is 44.1 Å². The maximum atomic E-state index is 15.4. The van der Waals surface area contributed by atoms with Crippen molar-refractivity contribution in [1.29, 1.82) is 0 Å². The number of nitrogens with zero attached hydrogens (tertiary/aromatic N) is 4. The van der Waals surface area contributed by atoms with Gasteiger partial charge in [0.25, 0.3) is 29.5 Å². The summed E-state index contributed by atoms with van der Waals surface area (Å²) in [5.41, 5.74) is 3.67. The van der Waals surface area contributed by atoms with Gasteiger partial charge in [0.05, 0.1) is 35.5 Å². The SMILES string of the molecule is CCOC(=O)/C=C/c1cc(C(=O)N(CCCCCCCN2C(=O)c3ccccc3C2=O)CCCCCCCN2C(=O)c3ccccc3C2=O)n(Cc2cccc(CO)c2)c1C#CC(O)(c1ccccc1)c1ccccc1. The molecule has 2 N–H and O–H groups in total. The Hall–Kier alpha value is -8.18. The van der Waals surface area contributed by atoms with Crippen molar-refractivity contribution in [2.24, 2.45) is 0 Å². The summed E-state index contributed by atoms with van der Waals surface area (Å²) in [6, 6.07) is 41.2. The third-order valence-electron chi connectivity index (χ3n) is 14.0. The van der Waals surface area contributed by atoms with Crippen LogP contribution in [-0.4, -0.2) is 97.8 Å². The third kappa shape index (κ3) is 12.7. The van der Waals surface area contributed by atoms with Crippen molar-refractivity contribution in [3.05, 3.63) is 207 Å². The van der Waals surface area contributed by atoms with Crippen molar-refractivity contribution in [2.75, 3.05) is 32.8 Å². The van der Waals surface area contributed by atoms with Gasteiger partial charge in [-0.1, -0.05) is 154 Å². The molecule has 0 radical (unpaired) electrons. The largest absolute Gasteiger partial charge is 0.463 e.